The first-order valence-corrected chi connectivity index (χ1v) is 9.85. The van der Waals surface area contributed by atoms with Crippen LogP contribution in [0, 0.1) is 0 Å². The summed E-state index contributed by atoms with van der Waals surface area (Å²) in [6.45, 7) is 1.75. The van der Waals surface area contributed by atoms with Crippen molar-refractivity contribution in [3.8, 4) is 0 Å². The minimum atomic E-state index is -0.0940. The average Bonchev–Trinajstić information content (AvgIpc) is 3.30. The molecule has 0 bridgehead atoms. The molecule has 1 aromatic heterocycles. The molecule has 7 heteroatoms. The Morgan fingerprint density at radius 3 is 2.86 bits per heavy atom. The second-order valence-corrected chi connectivity index (χ2v) is 7.63. The molecule has 1 aromatic carbocycles. The number of halogens is 1. The molecule has 146 valence electrons. The van der Waals surface area contributed by atoms with E-state index in [9.17, 15) is 9.59 Å². The van der Waals surface area contributed by atoms with Crippen molar-refractivity contribution in [3.63, 3.8) is 0 Å². The van der Waals surface area contributed by atoms with E-state index in [0.29, 0.717) is 18.1 Å². The minimum Gasteiger partial charge on any atom is -0.376 e. The van der Waals surface area contributed by atoms with E-state index in [2.05, 4.69) is 4.98 Å². The van der Waals surface area contributed by atoms with Crippen molar-refractivity contribution in [2.24, 2.45) is 0 Å². The first-order valence-electron chi connectivity index (χ1n) is 9.47. The number of carbonyl (C=O) groups is 2. The summed E-state index contributed by atoms with van der Waals surface area (Å²) in [5.74, 6) is -0.171. The molecule has 0 spiro atoms. The lowest BCUT2D eigenvalue weighted by atomic mass is 10.2. The number of hydrogen-bond donors (Lipinski definition) is 0. The number of ether oxygens (including phenoxy) is 1. The molecular formula is C21H22ClN3O3. The Morgan fingerprint density at radius 2 is 2.11 bits per heavy atom. The highest BCUT2D eigenvalue weighted by Gasteiger charge is 2.31. The maximum atomic E-state index is 13.1. The summed E-state index contributed by atoms with van der Waals surface area (Å²) in [6, 6.07) is 9.14. The van der Waals surface area contributed by atoms with Gasteiger partial charge in [-0.3, -0.25) is 14.6 Å². The lowest BCUT2D eigenvalue weighted by Gasteiger charge is -2.28. The molecule has 28 heavy (non-hydrogen) atoms. The number of nitrogens with zero attached hydrogens (tertiary/aromatic N) is 3. The second kappa shape index (κ2) is 8.29. The van der Waals surface area contributed by atoms with Crippen LogP contribution in [0.1, 0.15) is 24.0 Å². The van der Waals surface area contributed by atoms with Gasteiger partial charge in [0.1, 0.15) is 6.54 Å². The summed E-state index contributed by atoms with van der Waals surface area (Å²) < 4.78 is 5.73. The SMILES string of the molecule is O=C(CN1C(=O)Cc2cc(Cl)ccc21)N(Cc1ccncc1)CC1CCCO1. The Hall–Kier alpha value is -2.44. The number of rotatable bonds is 6. The van der Waals surface area contributed by atoms with Gasteiger partial charge in [-0.2, -0.15) is 0 Å². The third-order valence-corrected chi connectivity index (χ3v) is 5.43. The van der Waals surface area contributed by atoms with Gasteiger partial charge in [0.05, 0.1) is 12.5 Å². The number of hydrogen-bond acceptors (Lipinski definition) is 4. The molecule has 3 heterocycles. The highest BCUT2D eigenvalue weighted by atomic mass is 35.5. The lowest BCUT2D eigenvalue weighted by Crippen LogP contribution is -2.44. The fraction of sp³-hybridized carbons (Fsp3) is 0.381. The van der Waals surface area contributed by atoms with E-state index in [1.54, 1.807) is 34.3 Å². The molecule has 2 aliphatic heterocycles. The summed E-state index contributed by atoms with van der Waals surface area (Å²) in [5.41, 5.74) is 2.63. The molecule has 2 amide bonds. The van der Waals surface area contributed by atoms with E-state index in [1.165, 1.54) is 0 Å². The maximum Gasteiger partial charge on any atom is 0.243 e. The molecule has 1 atom stereocenters. The van der Waals surface area contributed by atoms with Crippen molar-refractivity contribution in [2.75, 3.05) is 24.6 Å². The molecular weight excluding hydrogens is 378 g/mol. The van der Waals surface area contributed by atoms with Gasteiger partial charge < -0.3 is 14.5 Å². The third kappa shape index (κ3) is 4.18. The fourth-order valence-corrected chi connectivity index (χ4v) is 3.95. The summed E-state index contributed by atoms with van der Waals surface area (Å²) in [6.07, 6.45) is 5.72. The number of benzene rings is 1. The van der Waals surface area contributed by atoms with Crippen LogP contribution in [0.5, 0.6) is 0 Å². The molecule has 0 saturated carbocycles. The van der Waals surface area contributed by atoms with Gasteiger partial charge in [0.15, 0.2) is 0 Å². The smallest absolute Gasteiger partial charge is 0.243 e. The summed E-state index contributed by atoms with van der Waals surface area (Å²) >= 11 is 6.04. The second-order valence-electron chi connectivity index (χ2n) is 7.19. The van der Waals surface area contributed by atoms with Crippen molar-refractivity contribution in [1.29, 1.82) is 0 Å². The predicted octanol–water partition coefficient (Wildman–Crippen LogP) is 2.83. The van der Waals surface area contributed by atoms with Crippen LogP contribution in [0.25, 0.3) is 0 Å². The van der Waals surface area contributed by atoms with Gasteiger partial charge in [0.25, 0.3) is 0 Å². The number of anilines is 1. The Bertz CT molecular complexity index is 868. The number of fused-ring (bicyclic) bond motifs is 1. The van der Waals surface area contributed by atoms with Crippen LogP contribution in [0.2, 0.25) is 5.02 Å². The number of amides is 2. The van der Waals surface area contributed by atoms with Crippen LogP contribution >= 0.6 is 11.6 Å². The van der Waals surface area contributed by atoms with Gasteiger partial charge in [0, 0.05) is 42.8 Å². The van der Waals surface area contributed by atoms with E-state index in [4.69, 9.17) is 16.3 Å². The molecule has 2 aliphatic rings. The van der Waals surface area contributed by atoms with Crippen LogP contribution in [-0.2, 0) is 27.3 Å². The van der Waals surface area contributed by atoms with Crippen molar-refractivity contribution >= 4 is 29.1 Å². The topological polar surface area (TPSA) is 62.7 Å². The normalized spacial score (nSPS) is 18.4. The van der Waals surface area contributed by atoms with Crippen molar-refractivity contribution in [3.05, 3.63) is 58.9 Å². The predicted molar refractivity (Wildman–Crippen MR) is 106 cm³/mol. The van der Waals surface area contributed by atoms with Crippen molar-refractivity contribution in [2.45, 2.75) is 31.9 Å². The average molecular weight is 400 g/mol. The standard InChI is InChI=1S/C21H22ClN3O3/c22-17-3-4-19-16(10-17)11-20(26)25(19)14-21(27)24(13-18-2-1-9-28-18)12-15-5-7-23-8-6-15/h3-8,10,18H,1-2,9,11-14H2. The van der Waals surface area contributed by atoms with Gasteiger partial charge in [-0.15, -0.1) is 0 Å². The zero-order valence-electron chi connectivity index (χ0n) is 15.5. The number of carbonyl (C=O) groups excluding carboxylic acids is 2. The molecule has 1 saturated heterocycles. The summed E-state index contributed by atoms with van der Waals surface area (Å²) in [5, 5.41) is 0.595. The lowest BCUT2D eigenvalue weighted by molar-refractivity contribution is -0.133. The Labute approximate surface area is 169 Å². The molecule has 6 nitrogen and oxygen atoms in total. The van der Waals surface area contributed by atoms with E-state index in [0.717, 1.165) is 36.3 Å². The summed E-state index contributed by atoms with van der Waals surface area (Å²) in [4.78, 5) is 33.0. The zero-order chi connectivity index (χ0) is 19.5. The monoisotopic (exact) mass is 399 g/mol. The van der Waals surface area contributed by atoms with Crippen molar-refractivity contribution in [1.82, 2.24) is 9.88 Å². The highest BCUT2D eigenvalue weighted by Crippen LogP contribution is 2.31. The first kappa shape index (κ1) is 18.9. The number of pyridine rings is 1. The van der Waals surface area contributed by atoms with Crippen LogP contribution in [0.3, 0.4) is 0 Å². The van der Waals surface area contributed by atoms with Crippen LogP contribution < -0.4 is 4.90 Å². The zero-order valence-corrected chi connectivity index (χ0v) is 16.3. The molecule has 0 N–H and O–H groups in total. The van der Waals surface area contributed by atoms with E-state index >= 15 is 0 Å². The van der Waals surface area contributed by atoms with E-state index < -0.39 is 0 Å². The third-order valence-electron chi connectivity index (χ3n) is 5.19. The molecule has 1 unspecified atom stereocenters. The molecule has 0 radical (unpaired) electrons. The quantitative estimate of drug-likeness (QED) is 0.749. The number of aromatic nitrogens is 1. The first-order chi connectivity index (χ1) is 13.6. The van der Waals surface area contributed by atoms with Crippen LogP contribution in [0.4, 0.5) is 5.69 Å². The van der Waals surface area contributed by atoms with Gasteiger partial charge in [-0.1, -0.05) is 11.6 Å². The largest absolute Gasteiger partial charge is 0.376 e. The van der Waals surface area contributed by atoms with E-state index in [-0.39, 0.29) is 30.9 Å². The van der Waals surface area contributed by atoms with Crippen LogP contribution in [-0.4, -0.2) is 47.5 Å². The fourth-order valence-electron chi connectivity index (χ4n) is 3.76. The highest BCUT2D eigenvalue weighted by molar-refractivity contribution is 6.31. The maximum absolute atomic E-state index is 13.1. The van der Waals surface area contributed by atoms with Gasteiger partial charge in [-0.25, -0.2) is 0 Å². The van der Waals surface area contributed by atoms with Crippen molar-refractivity contribution < 1.29 is 14.3 Å². The Morgan fingerprint density at radius 1 is 1.29 bits per heavy atom. The van der Waals surface area contributed by atoms with Gasteiger partial charge >= 0.3 is 0 Å². The van der Waals surface area contributed by atoms with E-state index in [1.807, 2.05) is 18.2 Å². The molecule has 1 fully saturated rings. The van der Waals surface area contributed by atoms with Crippen LogP contribution in [0.15, 0.2) is 42.7 Å². The Kier molecular flexibility index (Phi) is 5.59. The molecule has 4 rings (SSSR count). The van der Waals surface area contributed by atoms with Gasteiger partial charge in [-0.05, 0) is 54.3 Å². The minimum absolute atomic E-state index is 0.0191. The van der Waals surface area contributed by atoms with Gasteiger partial charge in [0.2, 0.25) is 11.8 Å². The molecule has 2 aromatic rings. The summed E-state index contributed by atoms with van der Waals surface area (Å²) in [7, 11) is 0. The molecule has 0 aliphatic carbocycles. The Balaban J connectivity index is 1.51.